The van der Waals surface area contributed by atoms with Gasteiger partial charge in [-0.1, -0.05) is 19.1 Å². The van der Waals surface area contributed by atoms with Crippen molar-refractivity contribution in [2.45, 2.75) is 38.5 Å². The molecule has 3 heteroatoms. The first-order valence-electron chi connectivity index (χ1n) is 6.92. The first kappa shape index (κ1) is 13.8. The molecule has 0 saturated carbocycles. The molecule has 0 aromatic heterocycles. The molecule has 0 spiro atoms. The summed E-state index contributed by atoms with van der Waals surface area (Å²) in [5.74, 6) is 3.38. The molecule has 1 aromatic rings. The number of hydrogen-bond acceptors (Lipinski definition) is 3. The maximum Gasteiger partial charge on any atom is 0.123 e. The largest absolute Gasteiger partial charge is 0.494 e. The Morgan fingerprint density at radius 3 is 3.06 bits per heavy atom. The zero-order valence-corrected chi connectivity index (χ0v) is 12.2. The summed E-state index contributed by atoms with van der Waals surface area (Å²) in [6.07, 6.45) is 2.40. The average Bonchev–Trinajstić information content (AvgIpc) is 2.60. The van der Waals surface area contributed by atoms with Crippen LogP contribution in [0, 0.1) is 0 Å². The summed E-state index contributed by atoms with van der Waals surface area (Å²) in [6, 6.07) is 6.98. The van der Waals surface area contributed by atoms with Crippen molar-refractivity contribution in [3.63, 3.8) is 0 Å². The first-order chi connectivity index (χ1) is 8.86. The van der Waals surface area contributed by atoms with E-state index in [0.29, 0.717) is 6.04 Å². The van der Waals surface area contributed by atoms with Crippen LogP contribution in [-0.4, -0.2) is 18.9 Å². The molecule has 2 rings (SSSR count). The van der Waals surface area contributed by atoms with Gasteiger partial charge < -0.3 is 10.1 Å². The topological polar surface area (TPSA) is 21.3 Å². The van der Waals surface area contributed by atoms with E-state index < -0.39 is 0 Å². The molecule has 1 N–H and O–H groups in total. The highest BCUT2D eigenvalue weighted by atomic mass is 32.2. The van der Waals surface area contributed by atoms with E-state index in [2.05, 4.69) is 37.4 Å². The molecule has 0 radical (unpaired) electrons. The Labute approximate surface area is 114 Å². The van der Waals surface area contributed by atoms with Crippen molar-refractivity contribution in [2.24, 2.45) is 0 Å². The van der Waals surface area contributed by atoms with E-state index in [-0.39, 0.29) is 0 Å². The fraction of sp³-hybridized carbons (Fsp3) is 0.600. The second-order valence-corrected chi connectivity index (χ2v) is 5.71. The summed E-state index contributed by atoms with van der Waals surface area (Å²) in [7, 11) is 0. The van der Waals surface area contributed by atoms with Crippen LogP contribution < -0.4 is 10.1 Å². The molecule has 1 atom stereocenters. The molecule has 18 heavy (non-hydrogen) atoms. The Morgan fingerprint density at radius 2 is 2.28 bits per heavy atom. The molecule has 100 valence electrons. The fourth-order valence-corrected chi connectivity index (χ4v) is 3.48. The number of ether oxygens (including phenoxy) is 1. The Kier molecular flexibility index (Phi) is 5.39. The van der Waals surface area contributed by atoms with Crippen LogP contribution in [0.2, 0.25) is 0 Å². The highest BCUT2D eigenvalue weighted by Crippen LogP contribution is 2.35. The van der Waals surface area contributed by atoms with Crippen LogP contribution in [-0.2, 0) is 5.75 Å². The summed E-state index contributed by atoms with van der Waals surface area (Å²) in [5.41, 5.74) is 2.84. The monoisotopic (exact) mass is 265 g/mol. The van der Waals surface area contributed by atoms with Gasteiger partial charge in [0.15, 0.2) is 0 Å². The van der Waals surface area contributed by atoms with E-state index in [1.54, 1.807) is 0 Å². The third kappa shape index (κ3) is 3.21. The molecule has 1 heterocycles. The minimum Gasteiger partial charge on any atom is -0.494 e. The van der Waals surface area contributed by atoms with Crippen molar-refractivity contribution < 1.29 is 4.74 Å². The Morgan fingerprint density at radius 1 is 1.39 bits per heavy atom. The molecular formula is C15H23NOS. The summed E-state index contributed by atoms with van der Waals surface area (Å²) in [6.45, 7) is 6.11. The number of rotatable bonds is 5. The SMILES string of the molecule is CCCNC1CCSCc2c(OCC)cccc21. The highest BCUT2D eigenvalue weighted by molar-refractivity contribution is 7.98. The maximum absolute atomic E-state index is 5.77. The van der Waals surface area contributed by atoms with Gasteiger partial charge in [-0.3, -0.25) is 0 Å². The van der Waals surface area contributed by atoms with Crippen LogP contribution in [0.15, 0.2) is 18.2 Å². The van der Waals surface area contributed by atoms with Crippen LogP contribution in [0.1, 0.15) is 43.9 Å². The van der Waals surface area contributed by atoms with E-state index in [9.17, 15) is 0 Å². The van der Waals surface area contributed by atoms with Crippen molar-refractivity contribution in [1.82, 2.24) is 5.32 Å². The molecule has 0 bridgehead atoms. The summed E-state index contributed by atoms with van der Waals surface area (Å²) >= 11 is 2.02. The van der Waals surface area contributed by atoms with Crippen LogP contribution >= 0.6 is 11.8 Å². The van der Waals surface area contributed by atoms with Crippen molar-refractivity contribution in [3.8, 4) is 5.75 Å². The van der Waals surface area contributed by atoms with Gasteiger partial charge in [0.05, 0.1) is 6.61 Å². The van der Waals surface area contributed by atoms with E-state index >= 15 is 0 Å². The Hall–Kier alpha value is -0.670. The van der Waals surface area contributed by atoms with Crippen LogP contribution in [0.5, 0.6) is 5.75 Å². The summed E-state index contributed by atoms with van der Waals surface area (Å²) in [4.78, 5) is 0. The van der Waals surface area contributed by atoms with E-state index in [4.69, 9.17) is 4.74 Å². The van der Waals surface area contributed by atoms with Crippen molar-refractivity contribution in [2.75, 3.05) is 18.9 Å². The lowest BCUT2D eigenvalue weighted by atomic mass is 9.98. The van der Waals surface area contributed by atoms with Crippen LogP contribution in [0.4, 0.5) is 0 Å². The smallest absolute Gasteiger partial charge is 0.123 e. The predicted molar refractivity (Wildman–Crippen MR) is 79.4 cm³/mol. The number of benzene rings is 1. The van der Waals surface area contributed by atoms with Crippen molar-refractivity contribution >= 4 is 11.8 Å². The predicted octanol–water partition coefficient (Wildman–Crippen LogP) is 3.76. The molecule has 0 fully saturated rings. The van der Waals surface area contributed by atoms with E-state index in [1.165, 1.54) is 29.7 Å². The molecule has 0 saturated heterocycles. The molecule has 0 amide bonds. The molecule has 2 nitrogen and oxygen atoms in total. The van der Waals surface area contributed by atoms with Crippen LogP contribution in [0.3, 0.4) is 0 Å². The van der Waals surface area contributed by atoms with Gasteiger partial charge in [-0.2, -0.15) is 11.8 Å². The standard InChI is InChI=1S/C15H23NOS/c1-3-9-16-14-8-10-18-11-13-12(14)6-5-7-15(13)17-4-2/h5-7,14,16H,3-4,8-11H2,1-2H3. The zero-order chi connectivity index (χ0) is 12.8. The quantitative estimate of drug-likeness (QED) is 0.876. The minimum absolute atomic E-state index is 0.496. The molecule has 1 aliphatic rings. The van der Waals surface area contributed by atoms with Crippen molar-refractivity contribution in [3.05, 3.63) is 29.3 Å². The summed E-state index contributed by atoms with van der Waals surface area (Å²) < 4.78 is 5.77. The second kappa shape index (κ2) is 7.05. The second-order valence-electron chi connectivity index (χ2n) is 4.60. The van der Waals surface area contributed by atoms with Gasteiger partial charge in [0.2, 0.25) is 0 Å². The van der Waals surface area contributed by atoms with Crippen molar-refractivity contribution in [1.29, 1.82) is 0 Å². The van der Waals surface area contributed by atoms with Gasteiger partial charge in [-0.05, 0) is 43.7 Å². The Bertz CT molecular complexity index is 381. The van der Waals surface area contributed by atoms with Gasteiger partial charge >= 0.3 is 0 Å². The fourth-order valence-electron chi connectivity index (χ4n) is 2.42. The van der Waals surface area contributed by atoms with Gasteiger partial charge in [0.1, 0.15) is 5.75 Å². The number of nitrogens with one attached hydrogen (secondary N) is 1. The molecule has 0 aliphatic carbocycles. The lowest BCUT2D eigenvalue weighted by molar-refractivity contribution is 0.336. The average molecular weight is 265 g/mol. The zero-order valence-electron chi connectivity index (χ0n) is 11.4. The van der Waals surface area contributed by atoms with E-state index in [0.717, 1.165) is 24.7 Å². The molecule has 1 aliphatic heterocycles. The Balaban J connectivity index is 2.26. The van der Waals surface area contributed by atoms with E-state index in [1.807, 2.05) is 11.8 Å². The number of hydrogen-bond donors (Lipinski definition) is 1. The maximum atomic E-state index is 5.77. The molecular weight excluding hydrogens is 242 g/mol. The molecule has 1 aromatic carbocycles. The molecule has 1 unspecified atom stereocenters. The van der Waals surface area contributed by atoms with Gasteiger partial charge in [0.25, 0.3) is 0 Å². The van der Waals surface area contributed by atoms with Gasteiger partial charge in [-0.15, -0.1) is 0 Å². The van der Waals surface area contributed by atoms with Crippen LogP contribution in [0.25, 0.3) is 0 Å². The lowest BCUT2D eigenvalue weighted by Gasteiger charge is -2.20. The van der Waals surface area contributed by atoms with Gasteiger partial charge in [0, 0.05) is 17.4 Å². The third-order valence-corrected chi connectivity index (χ3v) is 4.30. The highest BCUT2D eigenvalue weighted by Gasteiger charge is 2.20. The minimum atomic E-state index is 0.496. The summed E-state index contributed by atoms with van der Waals surface area (Å²) in [5, 5.41) is 3.67. The lowest BCUT2D eigenvalue weighted by Crippen LogP contribution is -2.23. The third-order valence-electron chi connectivity index (χ3n) is 3.28. The number of fused-ring (bicyclic) bond motifs is 1. The first-order valence-corrected chi connectivity index (χ1v) is 8.08. The number of thioether (sulfide) groups is 1. The van der Waals surface area contributed by atoms with Gasteiger partial charge in [-0.25, -0.2) is 0 Å². The normalized spacial score (nSPS) is 19.1.